The molecule has 4 aromatic heterocycles. The van der Waals surface area contributed by atoms with Gasteiger partial charge in [-0.3, -0.25) is 4.98 Å². The van der Waals surface area contributed by atoms with Crippen LogP contribution in [0.5, 0.6) is 0 Å². The molecule has 5 rings (SSSR count). The molecule has 0 amide bonds. The molecule has 9 heteroatoms. The van der Waals surface area contributed by atoms with E-state index in [0.29, 0.717) is 30.2 Å². The summed E-state index contributed by atoms with van der Waals surface area (Å²) in [5, 5.41) is 26.0. The standard InChI is InChI=1S/C21H24N8O/c1-13(30)10-23-18-6-7-19(28-27-18)25-21-24-11-16-15-8-9-22-12-17(15)29(20(16)26-21)14-4-2-3-5-14/h6-9,11-14,30H,2-5,10H2,1H3,(H,23,27)(H,24,25,26,28)/t13-/m1/s1. The SMILES string of the molecule is C[C@@H](O)CNc1ccc(Nc2ncc3c4ccncc4n(C4CCCC4)c3n2)nn1. The van der Waals surface area contributed by atoms with Crippen molar-refractivity contribution in [2.75, 3.05) is 17.2 Å². The lowest BCUT2D eigenvalue weighted by Gasteiger charge is -2.14. The Morgan fingerprint density at radius 2 is 1.90 bits per heavy atom. The number of hydrogen-bond donors (Lipinski definition) is 3. The molecule has 0 aliphatic heterocycles. The minimum Gasteiger partial charge on any atom is -0.392 e. The Bertz CT molecular complexity index is 1170. The molecule has 4 heterocycles. The lowest BCUT2D eigenvalue weighted by atomic mass is 10.2. The maximum atomic E-state index is 9.36. The molecule has 1 aliphatic rings. The van der Waals surface area contributed by atoms with E-state index in [0.717, 1.165) is 34.8 Å². The first-order chi connectivity index (χ1) is 14.7. The fourth-order valence-electron chi connectivity index (χ4n) is 4.12. The second-order valence-corrected chi connectivity index (χ2v) is 7.79. The molecule has 0 aromatic carbocycles. The van der Waals surface area contributed by atoms with E-state index in [2.05, 4.69) is 35.4 Å². The van der Waals surface area contributed by atoms with Gasteiger partial charge in [0.15, 0.2) is 5.82 Å². The van der Waals surface area contributed by atoms with E-state index < -0.39 is 6.10 Å². The maximum Gasteiger partial charge on any atom is 0.230 e. The molecule has 0 saturated heterocycles. The number of aliphatic hydroxyl groups excluding tert-OH is 1. The van der Waals surface area contributed by atoms with Crippen LogP contribution in [0, 0.1) is 0 Å². The Balaban J connectivity index is 1.47. The molecule has 1 aliphatic carbocycles. The third-order valence-corrected chi connectivity index (χ3v) is 5.52. The minimum absolute atomic E-state index is 0.418. The van der Waals surface area contributed by atoms with Gasteiger partial charge in [0.1, 0.15) is 11.5 Å². The van der Waals surface area contributed by atoms with Crippen molar-refractivity contribution in [3.8, 4) is 0 Å². The summed E-state index contributed by atoms with van der Waals surface area (Å²) in [6.45, 7) is 2.13. The second-order valence-electron chi connectivity index (χ2n) is 7.79. The molecule has 1 atom stereocenters. The average Bonchev–Trinajstić information content (AvgIpc) is 3.39. The van der Waals surface area contributed by atoms with Gasteiger partial charge in [-0.15, -0.1) is 10.2 Å². The highest BCUT2D eigenvalue weighted by Gasteiger charge is 2.23. The van der Waals surface area contributed by atoms with Crippen LogP contribution < -0.4 is 10.6 Å². The van der Waals surface area contributed by atoms with Crippen molar-refractivity contribution >= 4 is 39.5 Å². The number of aromatic nitrogens is 6. The molecule has 1 saturated carbocycles. The highest BCUT2D eigenvalue weighted by molar-refractivity contribution is 6.06. The number of rotatable bonds is 6. The van der Waals surface area contributed by atoms with Gasteiger partial charge in [0, 0.05) is 35.8 Å². The predicted molar refractivity (Wildman–Crippen MR) is 116 cm³/mol. The third-order valence-electron chi connectivity index (χ3n) is 5.52. The van der Waals surface area contributed by atoms with Crippen molar-refractivity contribution in [1.29, 1.82) is 0 Å². The molecule has 0 spiro atoms. The van der Waals surface area contributed by atoms with Crippen LogP contribution in [0.15, 0.2) is 36.8 Å². The summed E-state index contributed by atoms with van der Waals surface area (Å²) in [6.07, 6.45) is 9.96. The summed E-state index contributed by atoms with van der Waals surface area (Å²) in [5.74, 6) is 1.64. The highest BCUT2D eigenvalue weighted by atomic mass is 16.3. The minimum atomic E-state index is -0.452. The van der Waals surface area contributed by atoms with Gasteiger partial charge in [-0.2, -0.15) is 4.98 Å². The largest absolute Gasteiger partial charge is 0.392 e. The van der Waals surface area contributed by atoms with Gasteiger partial charge < -0.3 is 20.3 Å². The van der Waals surface area contributed by atoms with E-state index in [1.165, 1.54) is 12.8 Å². The fraction of sp³-hybridized carbons (Fsp3) is 0.381. The average molecular weight is 404 g/mol. The molecule has 4 aromatic rings. The van der Waals surface area contributed by atoms with Crippen molar-refractivity contribution in [2.45, 2.75) is 44.8 Å². The summed E-state index contributed by atoms with van der Waals surface area (Å²) in [4.78, 5) is 13.7. The number of anilines is 3. The quantitative estimate of drug-likeness (QED) is 0.448. The number of fused-ring (bicyclic) bond motifs is 3. The topological polar surface area (TPSA) is 114 Å². The van der Waals surface area contributed by atoms with Gasteiger partial charge in [-0.1, -0.05) is 12.8 Å². The first-order valence-electron chi connectivity index (χ1n) is 10.3. The molecule has 0 radical (unpaired) electrons. The first-order valence-corrected chi connectivity index (χ1v) is 10.3. The second kappa shape index (κ2) is 7.83. The van der Waals surface area contributed by atoms with E-state index >= 15 is 0 Å². The number of aliphatic hydroxyl groups is 1. The monoisotopic (exact) mass is 404 g/mol. The van der Waals surface area contributed by atoms with Crippen LogP contribution in [0.4, 0.5) is 17.6 Å². The Hall–Kier alpha value is -3.33. The zero-order chi connectivity index (χ0) is 20.5. The van der Waals surface area contributed by atoms with Crippen LogP contribution in [0.1, 0.15) is 38.6 Å². The number of hydrogen-bond acceptors (Lipinski definition) is 8. The molecular formula is C21H24N8O. The van der Waals surface area contributed by atoms with E-state index in [4.69, 9.17) is 4.98 Å². The summed E-state index contributed by atoms with van der Waals surface area (Å²) in [7, 11) is 0. The van der Waals surface area contributed by atoms with Crippen molar-refractivity contribution in [3.05, 3.63) is 36.8 Å². The smallest absolute Gasteiger partial charge is 0.230 e. The number of nitrogens with one attached hydrogen (secondary N) is 2. The first kappa shape index (κ1) is 18.7. The molecule has 0 unspecified atom stereocenters. The zero-order valence-electron chi connectivity index (χ0n) is 16.8. The van der Waals surface area contributed by atoms with Crippen LogP contribution in [-0.4, -0.2) is 47.5 Å². The molecule has 0 bridgehead atoms. The van der Waals surface area contributed by atoms with Crippen LogP contribution in [0.3, 0.4) is 0 Å². The number of pyridine rings is 1. The number of nitrogens with zero attached hydrogens (tertiary/aromatic N) is 6. The van der Waals surface area contributed by atoms with Crippen LogP contribution >= 0.6 is 0 Å². The molecule has 9 nitrogen and oxygen atoms in total. The summed E-state index contributed by atoms with van der Waals surface area (Å²) >= 11 is 0. The van der Waals surface area contributed by atoms with Crippen molar-refractivity contribution in [2.24, 2.45) is 0 Å². The van der Waals surface area contributed by atoms with Gasteiger partial charge in [0.05, 0.1) is 17.8 Å². The van der Waals surface area contributed by atoms with Gasteiger partial charge in [0.25, 0.3) is 0 Å². The lowest BCUT2D eigenvalue weighted by Crippen LogP contribution is -2.16. The van der Waals surface area contributed by atoms with E-state index in [-0.39, 0.29) is 0 Å². The fourth-order valence-corrected chi connectivity index (χ4v) is 4.12. The summed E-state index contributed by atoms with van der Waals surface area (Å²) in [5.41, 5.74) is 2.03. The molecule has 3 N–H and O–H groups in total. The van der Waals surface area contributed by atoms with E-state index in [9.17, 15) is 5.11 Å². The van der Waals surface area contributed by atoms with Crippen LogP contribution in [-0.2, 0) is 0 Å². The molecular weight excluding hydrogens is 380 g/mol. The summed E-state index contributed by atoms with van der Waals surface area (Å²) < 4.78 is 2.33. The van der Waals surface area contributed by atoms with Gasteiger partial charge in [0.2, 0.25) is 5.95 Å². The Labute approximate surface area is 173 Å². The van der Waals surface area contributed by atoms with E-state index in [1.807, 2.05) is 24.7 Å². The maximum absolute atomic E-state index is 9.36. The Morgan fingerprint density at radius 3 is 2.67 bits per heavy atom. The van der Waals surface area contributed by atoms with Crippen LogP contribution in [0.2, 0.25) is 0 Å². The van der Waals surface area contributed by atoms with Gasteiger partial charge >= 0.3 is 0 Å². The molecule has 1 fully saturated rings. The highest BCUT2D eigenvalue weighted by Crippen LogP contribution is 2.37. The third kappa shape index (κ3) is 3.52. The Morgan fingerprint density at radius 1 is 1.10 bits per heavy atom. The lowest BCUT2D eigenvalue weighted by molar-refractivity contribution is 0.208. The van der Waals surface area contributed by atoms with Crippen molar-refractivity contribution < 1.29 is 5.11 Å². The zero-order valence-corrected chi connectivity index (χ0v) is 16.8. The Kier molecular flexibility index (Phi) is 4.88. The summed E-state index contributed by atoms with van der Waals surface area (Å²) in [6, 6.07) is 6.08. The van der Waals surface area contributed by atoms with Gasteiger partial charge in [-0.25, -0.2) is 4.98 Å². The van der Waals surface area contributed by atoms with E-state index in [1.54, 1.807) is 19.1 Å². The molecule has 154 valence electrons. The van der Waals surface area contributed by atoms with Crippen molar-refractivity contribution in [1.82, 2.24) is 29.7 Å². The normalized spacial score (nSPS) is 15.7. The van der Waals surface area contributed by atoms with Crippen molar-refractivity contribution in [3.63, 3.8) is 0 Å². The van der Waals surface area contributed by atoms with Gasteiger partial charge in [-0.05, 0) is 38.0 Å². The molecule has 30 heavy (non-hydrogen) atoms. The predicted octanol–water partition coefficient (Wildman–Crippen LogP) is 3.42. The van der Waals surface area contributed by atoms with Crippen LogP contribution in [0.25, 0.3) is 21.9 Å².